The summed E-state index contributed by atoms with van der Waals surface area (Å²) in [5, 5.41) is 15.3. The van der Waals surface area contributed by atoms with E-state index in [2.05, 4.69) is 10.6 Å². The third kappa shape index (κ3) is 3.89. The van der Waals surface area contributed by atoms with E-state index in [1.54, 1.807) is 22.8 Å². The first-order valence-corrected chi connectivity index (χ1v) is 7.70. The van der Waals surface area contributed by atoms with Gasteiger partial charge in [0, 0.05) is 18.1 Å². The van der Waals surface area contributed by atoms with Gasteiger partial charge < -0.3 is 24.7 Å². The summed E-state index contributed by atoms with van der Waals surface area (Å²) < 4.78 is 20.9. The molecule has 1 atom stereocenters. The van der Waals surface area contributed by atoms with Crippen molar-refractivity contribution < 1.29 is 18.7 Å². The Morgan fingerprint density at radius 1 is 1.28 bits per heavy atom. The fourth-order valence-corrected chi connectivity index (χ4v) is 2.37. The first-order chi connectivity index (χ1) is 12.0. The Hall–Kier alpha value is -3.06. The minimum absolute atomic E-state index is 0.0429. The number of hydrogen-bond donors (Lipinski definition) is 3. The summed E-state index contributed by atoms with van der Waals surface area (Å²) in [7, 11) is 0. The van der Waals surface area contributed by atoms with Gasteiger partial charge in [-0.05, 0) is 49.4 Å². The minimum Gasteiger partial charge on any atom is -0.466 e. The topological polar surface area (TPSA) is 79.4 Å². The van der Waals surface area contributed by atoms with Crippen molar-refractivity contribution in [3.8, 4) is 5.69 Å². The Morgan fingerprint density at radius 3 is 2.72 bits per heavy atom. The Labute approximate surface area is 143 Å². The molecule has 2 aromatic heterocycles. The Morgan fingerprint density at radius 2 is 2.04 bits per heavy atom. The second-order valence-corrected chi connectivity index (χ2v) is 5.81. The number of benzene rings is 1. The molecule has 0 fully saturated rings. The van der Waals surface area contributed by atoms with Crippen molar-refractivity contribution in [3.63, 3.8) is 0 Å². The van der Waals surface area contributed by atoms with Gasteiger partial charge in [-0.15, -0.1) is 0 Å². The van der Waals surface area contributed by atoms with E-state index in [-0.39, 0.29) is 12.2 Å². The van der Waals surface area contributed by atoms with Crippen molar-refractivity contribution in [3.05, 3.63) is 72.7 Å². The van der Waals surface area contributed by atoms with E-state index in [1.165, 1.54) is 25.3 Å². The number of carbonyl (C=O) groups excluding carboxylic acids is 1. The third-order valence-electron chi connectivity index (χ3n) is 3.75. The lowest BCUT2D eigenvalue weighted by Crippen LogP contribution is -2.40. The summed E-state index contributed by atoms with van der Waals surface area (Å²) in [6, 6.07) is 10.7. The van der Waals surface area contributed by atoms with Crippen molar-refractivity contribution >= 4 is 11.7 Å². The van der Waals surface area contributed by atoms with Gasteiger partial charge in [0.25, 0.3) is 0 Å². The molecule has 3 rings (SSSR count). The second-order valence-electron chi connectivity index (χ2n) is 5.81. The van der Waals surface area contributed by atoms with Crippen molar-refractivity contribution in [1.82, 2.24) is 9.88 Å². The monoisotopic (exact) mass is 343 g/mol. The van der Waals surface area contributed by atoms with Gasteiger partial charge in [0.05, 0.1) is 18.5 Å². The van der Waals surface area contributed by atoms with Crippen LogP contribution in [0.3, 0.4) is 0 Å². The fraction of sp³-hybridized carbons (Fsp3) is 0.167. The van der Waals surface area contributed by atoms with Crippen LogP contribution in [0.15, 0.2) is 65.5 Å². The number of carbonyl (C=O) groups is 1. The van der Waals surface area contributed by atoms with Gasteiger partial charge in [0.2, 0.25) is 0 Å². The molecule has 0 spiro atoms. The number of aliphatic hydroxyl groups is 1. The molecule has 0 saturated heterocycles. The maximum Gasteiger partial charge on any atom is 0.319 e. The Balaban J connectivity index is 1.66. The smallest absolute Gasteiger partial charge is 0.319 e. The lowest BCUT2D eigenvalue weighted by atomic mass is 10.0. The van der Waals surface area contributed by atoms with E-state index in [9.17, 15) is 14.3 Å². The van der Waals surface area contributed by atoms with Gasteiger partial charge in [0.1, 0.15) is 17.2 Å². The molecule has 1 aromatic carbocycles. The van der Waals surface area contributed by atoms with Gasteiger partial charge in [-0.1, -0.05) is 0 Å². The molecule has 130 valence electrons. The number of urea groups is 1. The quantitative estimate of drug-likeness (QED) is 0.665. The number of aromatic nitrogens is 1. The highest BCUT2D eigenvalue weighted by molar-refractivity contribution is 5.89. The molecule has 3 N–H and O–H groups in total. The number of anilines is 1. The van der Waals surface area contributed by atoms with Crippen LogP contribution in [0.25, 0.3) is 5.69 Å². The SMILES string of the molecule is CC(O)(CNC(=O)Nc1cc(-n2cccc2)ccc1F)c1ccco1. The summed E-state index contributed by atoms with van der Waals surface area (Å²) in [5.74, 6) is -0.225. The number of halogens is 1. The van der Waals surface area contributed by atoms with Gasteiger partial charge in [0.15, 0.2) is 0 Å². The van der Waals surface area contributed by atoms with Crippen LogP contribution in [0.5, 0.6) is 0 Å². The molecule has 2 amide bonds. The van der Waals surface area contributed by atoms with Crippen molar-refractivity contribution in [1.29, 1.82) is 0 Å². The zero-order valence-corrected chi connectivity index (χ0v) is 13.6. The van der Waals surface area contributed by atoms with Crippen molar-refractivity contribution in [2.45, 2.75) is 12.5 Å². The summed E-state index contributed by atoms with van der Waals surface area (Å²) in [4.78, 5) is 12.0. The van der Waals surface area contributed by atoms with E-state index in [4.69, 9.17) is 4.42 Å². The van der Waals surface area contributed by atoms with E-state index in [0.717, 1.165) is 0 Å². The van der Waals surface area contributed by atoms with Crippen LogP contribution in [0.1, 0.15) is 12.7 Å². The number of hydrogen-bond acceptors (Lipinski definition) is 3. The third-order valence-corrected chi connectivity index (χ3v) is 3.75. The molecule has 0 aliphatic rings. The lowest BCUT2D eigenvalue weighted by Gasteiger charge is -2.21. The number of nitrogens with one attached hydrogen (secondary N) is 2. The van der Waals surface area contributed by atoms with Crippen LogP contribution in [-0.2, 0) is 5.60 Å². The molecule has 3 aromatic rings. The van der Waals surface area contributed by atoms with Crippen LogP contribution < -0.4 is 10.6 Å². The largest absolute Gasteiger partial charge is 0.466 e. The predicted molar refractivity (Wildman–Crippen MR) is 91.0 cm³/mol. The molecule has 25 heavy (non-hydrogen) atoms. The number of nitrogens with zero attached hydrogens (tertiary/aromatic N) is 1. The standard InChI is InChI=1S/C18H18FN3O3/c1-18(24,16-5-4-10-25-16)12-20-17(23)21-15-11-13(6-7-14(15)19)22-8-2-3-9-22/h2-11,24H,12H2,1H3,(H2,20,21,23). The molecule has 0 aliphatic heterocycles. The molecule has 0 saturated carbocycles. The molecule has 0 bridgehead atoms. The maximum absolute atomic E-state index is 14.0. The molecule has 2 heterocycles. The summed E-state index contributed by atoms with van der Waals surface area (Å²) in [6.07, 6.45) is 5.07. The van der Waals surface area contributed by atoms with Gasteiger partial charge in [-0.25, -0.2) is 9.18 Å². The summed E-state index contributed by atoms with van der Waals surface area (Å²) >= 11 is 0. The Bertz CT molecular complexity index is 843. The van der Waals surface area contributed by atoms with Crippen LogP contribution >= 0.6 is 0 Å². The van der Waals surface area contributed by atoms with E-state index in [1.807, 2.05) is 24.5 Å². The fourth-order valence-electron chi connectivity index (χ4n) is 2.37. The molecular formula is C18H18FN3O3. The second kappa shape index (κ2) is 6.82. The Kier molecular flexibility index (Phi) is 4.58. The molecule has 0 aliphatic carbocycles. The zero-order valence-electron chi connectivity index (χ0n) is 13.6. The molecule has 1 unspecified atom stereocenters. The minimum atomic E-state index is -1.37. The first-order valence-electron chi connectivity index (χ1n) is 7.70. The molecular weight excluding hydrogens is 325 g/mol. The van der Waals surface area contributed by atoms with Gasteiger partial charge >= 0.3 is 6.03 Å². The normalized spacial score (nSPS) is 13.2. The van der Waals surface area contributed by atoms with Gasteiger partial charge in [-0.3, -0.25) is 0 Å². The maximum atomic E-state index is 14.0. The number of furan rings is 1. The highest BCUT2D eigenvalue weighted by Crippen LogP contribution is 2.21. The van der Waals surface area contributed by atoms with Crippen LogP contribution in [-0.4, -0.2) is 22.2 Å². The average Bonchev–Trinajstić information content (AvgIpc) is 3.29. The number of amides is 2. The van der Waals surface area contributed by atoms with Gasteiger partial charge in [-0.2, -0.15) is 0 Å². The van der Waals surface area contributed by atoms with E-state index in [0.29, 0.717) is 11.4 Å². The van der Waals surface area contributed by atoms with Crippen LogP contribution in [0.4, 0.5) is 14.9 Å². The van der Waals surface area contributed by atoms with Crippen LogP contribution in [0.2, 0.25) is 0 Å². The zero-order chi connectivity index (χ0) is 17.9. The number of rotatable bonds is 5. The van der Waals surface area contributed by atoms with Crippen LogP contribution in [0, 0.1) is 5.82 Å². The average molecular weight is 343 g/mol. The summed E-state index contributed by atoms with van der Waals surface area (Å²) in [6.45, 7) is 1.42. The summed E-state index contributed by atoms with van der Waals surface area (Å²) in [5.41, 5.74) is -0.613. The highest BCUT2D eigenvalue weighted by atomic mass is 19.1. The lowest BCUT2D eigenvalue weighted by molar-refractivity contribution is 0.0372. The van der Waals surface area contributed by atoms with E-state index >= 15 is 0 Å². The van der Waals surface area contributed by atoms with Crippen molar-refractivity contribution in [2.24, 2.45) is 0 Å². The van der Waals surface area contributed by atoms with Crippen molar-refractivity contribution in [2.75, 3.05) is 11.9 Å². The molecule has 6 nitrogen and oxygen atoms in total. The molecule has 7 heteroatoms. The highest BCUT2D eigenvalue weighted by Gasteiger charge is 2.26. The first kappa shape index (κ1) is 16.8. The van der Waals surface area contributed by atoms with E-state index < -0.39 is 17.4 Å². The predicted octanol–water partition coefficient (Wildman–Crippen LogP) is 3.24. The molecule has 0 radical (unpaired) electrons.